The number of aromatic nitrogens is 2. The number of nitrogens with zero attached hydrogens (tertiary/aromatic N) is 3. The standard InChI is InChI=1S/C16H21N3OS/c1-12-9-17-18(10-12)11-14-4-3-7-19(14)16(20)8-15-6-5-13(2)21-15/h5-6,9-10,14H,3-4,7-8,11H2,1-2H3. The summed E-state index contributed by atoms with van der Waals surface area (Å²) in [7, 11) is 0. The van der Waals surface area contributed by atoms with Gasteiger partial charge in [-0.25, -0.2) is 0 Å². The minimum atomic E-state index is 0.253. The van der Waals surface area contributed by atoms with Crippen LogP contribution in [0.4, 0.5) is 0 Å². The van der Waals surface area contributed by atoms with Gasteiger partial charge in [-0.2, -0.15) is 5.10 Å². The van der Waals surface area contributed by atoms with Crippen molar-refractivity contribution in [2.24, 2.45) is 0 Å². The molecule has 4 nitrogen and oxygen atoms in total. The summed E-state index contributed by atoms with van der Waals surface area (Å²) in [6.45, 7) is 5.81. The van der Waals surface area contributed by atoms with Crippen LogP contribution in [-0.2, 0) is 17.8 Å². The Balaban J connectivity index is 1.64. The van der Waals surface area contributed by atoms with Crippen molar-refractivity contribution in [2.75, 3.05) is 6.54 Å². The van der Waals surface area contributed by atoms with Crippen molar-refractivity contribution < 1.29 is 4.79 Å². The third kappa shape index (κ3) is 3.35. The average Bonchev–Trinajstić information content (AvgIpc) is 3.13. The molecule has 1 aliphatic heterocycles. The highest BCUT2D eigenvalue weighted by molar-refractivity contribution is 7.12. The van der Waals surface area contributed by atoms with E-state index in [4.69, 9.17) is 0 Å². The van der Waals surface area contributed by atoms with E-state index in [1.165, 1.54) is 10.4 Å². The molecule has 0 aromatic carbocycles. The highest BCUT2D eigenvalue weighted by Gasteiger charge is 2.29. The number of hydrogen-bond donors (Lipinski definition) is 0. The first-order valence-corrected chi connectivity index (χ1v) is 8.27. The first kappa shape index (κ1) is 14.3. The lowest BCUT2D eigenvalue weighted by Gasteiger charge is -2.24. The molecular weight excluding hydrogens is 282 g/mol. The molecule has 112 valence electrons. The molecule has 1 unspecified atom stereocenters. The van der Waals surface area contributed by atoms with Crippen LogP contribution in [0.25, 0.3) is 0 Å². The van der Waals surface area contributed by atoms with Gasteiger partial charge in [-0.05, 0) is 44.4 Å². The number of rotatable bonds is 4. The average molecular weight is 303 g/mol. The quantitative estimate of drug-likeness (QED) is 0.871. The van der Waals surface area contributed by atoms with E-state index < -0.39 is 0 Å². The van der Waals surface area contributed by atoms with E-state index in [2.05, 4.69) is 24.2 Å². The Bertz CT molecular complexity index is 631. The third-order valence-corrected chi connectivity index (χ3v) is 4.98. The van der Waals surface area contributed by atoms with Crippen molar-refractivity contribution in [3.63, 3.8) is 0 Å². The van der Waals surface area contributed by atoms with Gasteiger partial charge in [0.1, 0.15) is 0 Å². The summed E-state index contributed by atoms with van der Waals surface area (Å²) < 4.78 is 1.96. The maximum Gasteiger partial charge on any atom is 0.228 e. The van der Waals surface area contributed by atoms with Crippen LogP contribution in [0, 0.1) is 13.8 Å². The molecule has 2 aromatic heterocycles. The summed E-state index contributed by atoms with van der Waals surface area (Å²) in [5.74, 6) is 0.253. The van der Waals surface area contributed by atoms with E-state index in [0.29, 0.717) is 6.42 Å². The lowest BCUT2D eigenvalue weighted by atomic mass is 10.2. The monoisotopic (exact) mass is 303 g/mol. The number of thiophene rings is 1. The molecule has 0 aliphatic carbocycles. The molecule has 3 rings (SSSR count). The fraction of sp³-hybridized carbons (Fsp3) is 0.500. The summed E-state index contributed by atoms with van der Waals surface area (Å²) in [4.78, 5) is 17.0. The summed E-state index contributed by atoms with van der Waals surface area (Å²) in [5, 5.41) is 4.34. The number of likely N-dealkylation sites (tertiary alicyclic amines) is 1. The second-order valence-electron chi connectivity index (χ2n) is 5.81. The largest absolute Gasteiger partial charge is 0.338 e. The minimum Gasteiger partial charge on any atom is -0.338 e. The molecule has 0 radical (unpaired) electrons. The molecule has 1 aliphatic rings. The van der Waals surface area contributed by atoms with Crippen LogP contribution in [-0.4, -0.2) is 33.2 Å². The fourth-order valence-corrected chi connectivity index (χ4v) is 3.85. The van der Waals surface area contributed by atoms with Crippen molar-refractivity contribution in [3.05, 3.63) is 39.8 Å². The van der Waals surface area contributed by atoms with Crippen LogP contribution >= 0.6 is 11.3 Å². The number of carbonyl (C=O) groups excluding carboxylic acids is 1. The van der Waals surface area contributed by atoms with Gasteiger partial charge >= 0.3 is 0 Å². The van der Waals surface area contributed by atoms with Crippen molar-refractivity contribution in [1.82, 2.24) is 14.7 Å². The molecule has 5 heteroatoms. The van der Waals surface area contributed by atoms with Gasteiger partial charge in [0, 0.05) is 22.5 Å². The lowest BCUT2D eigenvalue weighted by Crippen LogP contribution is -2.39. The number of hydrogen-bond acceptors (Lipinski definition) is 3. The summed E-state index contributed by atoms with van der Waals surface area (Å²) in [5.41, 5.74) is 1.17. The van der Waals surface area contributed by atoms with Crippen LogP contribution in [0.3, 0.4) is 0 Å². The molecule has 1 fully saturated rings. The van der Waals surface area contributed by atoms with E-state index in [0.717, 1.165) is 30.8 Å². The van der Waals surface area contributed by atoms with E-state index in [9.17, 15) is 4.79 Å². The maximum atomic E-state index is 12.5. The summed E-state index contributed by atoms with van der Waals surface area (Å²) in [6, 6.07) is 4.44. The Morgan fingerprint density at radius 2 is 2.29 bits per heavy atom. The minimum absolute atomic E-state index is 0.253. The Morgan fingerprint density at radius 3 is 2.95 bits per heavy atom. The highest BCUT2D eigenvalue weighted by atomic mass is 32.1. The first-order chi connectivity index (χ1) is 10.1. The molecule has 1 atom stereocenters. The van der Waals surface area contributed by atoms with Gasteiger partial charge < -0.3 is 4.90 Å². The normalized spacial score (nSPS) is 18.4. The Hall–Kier alpha value is -1.62. The van der Waals surface area contributed by atoms with Crippen LogP contribution in [0.5, 0.6) is 0 Å². The SMILES string of the molecule is Cc1cnn(CC2CCCN2C(=O)Cc2ccc(C)s2)c1. The zero-order chi connectivity index (χ0) is 14.8. The van der Waals surface area contributed by atoms with Gasteiger partial charge in [0.25, 0.3) is 0 Å². The van der Waals surface area contributed by atoms with Crippen LogP contribution in [0.2, 0.25) is 0 Å². The number of carbonyl (C=O) groups is 1. The number of amides is 1. The van der Waals surface area contributed by atoms with Crippen molar-refractivity contribution in [3.8, 4) is 0 Å². The van der Waals surface area contributed by atoms with Gasteiger partial charge in [-0.1, -0.05) is 0 Å². The molecule has 21 heavy (non-hydrogen) atoms. The van der Waals surface area contributed by atoms with Crippen molar-refractivity contribution in [2.45, 2.75) is 45.7 Å². The first-order valence-electron chi connectivity index (χ1n) is 7.45. The molecule has 1 saturated heterocycles. The van der Waals surface area contributed by atoms with Crippen molar-refractivity contribution in [1.29, 1.82) is 0 Å². The number of aryl methyl sites for hydroxylation is 2. The van der Waals surface area contributed by atoms with Crippen LogP contribution in [0.1, 0.15) is 28.2 Å². The molecule has 0 saturated carbocycles. The second-order valence-corrected chi connectivity index (χ2v) is 7.18. The molecule has 0 bridgehead atoms. The molecule has 0 spiro atoms. The van der Waals surface area contributed by atoms with Crippen LogP contribution < -0.4 is 0 Å². The van der Waals surface area contributed by atoms with Crippen molar-refractivity contribution >= 4 is 17.2 Å². The zero-order valence-corrected chi connectivity index (χ0v) is 13.4. The topological polar surface area (TPSA) is 38.1 Å². The highest BCUT2D eigenvalue weighted by Crippen LogP contribution is 2.22. The second kappa shape index (κ2) is 6.02. The molecule has 2 aromatic rings. The molecular formula is C16H21N3OS. The lowest BCUT2D eigenvalue weighted by molar-refractivity contribution is -0.131. The van der Waals surface area contributed by atoms with Gasteiger partial charge in [-0.3, -0.25) is 9.48 Å². The molecule has 1 amide bonds. The summed E-state index contributed by atoms with van der Waals surface area (Å²) >= 11 is 1.72. The Morgan fingerprint density at radius 1 is 1.43 bits per heavy atom. The van der Waals surface area contributed by atoms with Crippen LogP contribution in [0.15, 0.2) is 24.5 Å². The van der Waals surface area contributed by atoms with E-state index >= 15 is 0 Å². The Kier molecular flexibility index (Phi) is 4.10. The zero-order valence-electron chi connectivity index (χ0n) is 12.6. The fourth-order valence-electron chi connectivity index (χ4n) is 2.97. The smallest absolute Gasteiger partial charge is 0.228 e. The predicted molar refractivity (Wildman–Crippen MR) is 84.5 cm³/mol. The van der Waals surface area contributed by atoms with E-state index in [1.807, 2.05) is 28.9 Å². The molecule has 3 heterocycles. The predicted octanol–water partition coefficient (Wildman–Crippen LogP) is 2.80. The maximum absolute atomic E-state index is 12.5. The van der Waals surface area contributed by atoms with E-state index in [1.54, 1.807) is 11.3 Å². The van der Waals surface area contributed by atoms with E-state index in [-0.39, 0.29) is 11.9 Å². The summed E-state index contributed by atoms with van der Waals surface area (Å²) in [6.07, 6.45) is 6.63. The van der Waals surface area contributed by atoms with Gasteiger partial charge in [0.2, 0.25) is 5.91 Å². The van der Waals surface area contributed by atoms with Gasteiger partial charge in [0.15, 0.2) is 0 Å². The third-order valence-electron chi connectivity index (χ3n) is 3.98. The Labute approximate surface area is 129 Å². The van der Waals surface area contributed by atoms with Gasteiger partial charge in [-0.15, -0.1) is 11.3 Å². The molecule has 0 N–H and O–H groups in total. The van der Waals surface area contributed by atoms with Gasteiger partial charge in [0.05, 0.1) is 25.2 Å².